The highest BCUT2D eigenvalue weighted by molar-refractivity contribution is 5.33. The third kappa shape index (κ3) is 4.68. The van der Waals surface area contributed by atoms with E-state index in [1.165, 1.54) is 12.8 Å². The van der Waals surface area contributed by atoms with Crippen molar-refractivity contribution in [3.63, 3.8) is 0 Å². The molecule has 1 saturated heterocycles. The Hall–Kier alpha value is -1.18. The molecule has 0 radical (unpaired) electrons. The van der Waals surface area contributed by atoms with Crippen LogP contribution in [0.15, 0.2) is 24.3 Å². The lowest BCUT2D eigenvalue weighted by atomic mass is 9.99. The van der Waals surface area contributed by atoms with Crippen LogP contribution in [-0.2, 0) is 11.2 Å². The molecule has 1 aliphatic heterocycles. The Morgan fingerprint density at radius 1 is 1.00 bits per heavy atom. The lowest BCUT2D eigenvalue weighted by molar-refractivity contribution is -0.277. The number of ether oxygens (including phenoxy) is 2. The number of aryl methyl sites for hydroxylation is 1. The summed E-state index contributed by atoms with van der Waals surface area (Å²) in [7, 11) is 0. The standard InChI is InChI=1S/C18H28O6/c1-2-3-4-5-8-12-9-6-7-10-13(12)23-18-17(22)16(21)15(20)14(11-19)24-18/h6-7,9-10,14-22H,2-5,8,11H2,1H3/t14-,15+,16-,17+,18-/m1/s1. The van der Waals surface area contributed by atoms with Gasteiger partial charge in [0.1, 0.15) is 30.2 Å². The molecule has 136 valence electrons. The number of hydrogen-bond donors (Lipinski definition) is 4. The first-order chi connectivity index (χ1) is 11.6. The highest BCUT2D eigenvalue weighted by Gasteiger charge is 2.44. The SMILES string of the molecule is CCCCCCc1ccccc1O[C@@H]1O[C@H](CO)[C@H](O)[C@@H](O)[C@@H]1O. The van der Waals surface area contributed by atoms with E-state index in [0.717, 1.165) is 24.8 Å². The summed E-state index contributed by atoms with van der Waals surface area (Å²) in [4.78, 5) is 0. The molecule has 6 nitrogen and oxygen atoms in total. The molecule has 0 saturated carbocycles. The van der Waals surface area contributed by atoms with E-state index in [4.69, 9.17) is 9.47 Å². The predicted molar refractivity (Wildman–Crippen MR) is 88.7 cm³/mol. The number of hydrogen-bond acceptors (Lipinski definition) is 6. The van der Waals surface area contributed by atoms with Crippen LogP contribution in [0.4, 0.5) is 0 Å². The molecule has 6 heteroatoms. The molecular weight excluding hydrogens is 312 g/mol. The van der Waals surface area contributed by atoms with E-state index in [1.807, 2.05) is 18.2 Å². The molecule has 0 spiro atoms. The van der Waals surface area contributed by atoms with Crippen LogP contribution in [0, 0.1) is 0 Å². The van der Waals surface area contributed by atoms with Crippen LogP contribution in [0.1, 0.15) is 38.2 Å². The maximum atomic E-state index is 10.1. The number of aliphatic hydroxyl groups is 4. The largest absolute Gasteiger partial charge is 0.462 e. The first-order valence-electron chi connectivity index (χ1n) is 8.63. The number of unbranched alkanes of at least 4 members (excludes halogenated alkanes) is 3. The summed E-state index contributed by atoms with van der Waals surface area (Å²) in [5.41, 5.74) is 1.01. The molecule has 0 bridgehead atoms. The van der Waals surface area contributed by atoms with E-state index in [1.54, 1.807) is 6.07 Å². The van der Waals surface area contributed by atoms with Gasteiger partial charge in [-0.1, -0.05) is 44.4 Å². The maximum Gasteiger partial charge on any atom is 0.229 e. The quantitative estimate of drug-likeness (QED) is 0.527. The van der Waals surface area contributed by atoms with Crippen LogP contribution >= 0.6 is 0 Å². The van der Waals surface area contributed by atoms with Gasteiger partial charge in [0, 0.05) is 0 Å². The molecule has 1 heterocycles. The average molecular weight is 340 g/mol. The van der Waals surface area contributed by atoms with Gasteiger partial charge in [-0.15, -0.1) is 0 Å². The van der Waals surface area contributed by atoms with Crippen molar-refractivity contribution >= 4 is 0 Å². The first kappa shape index (κ1) is 19.1. The van der Waals surface area contributed by atoms with E-state index < -0.39 is 37.3 Å². The van der Waals surface area contributed by atoms with Crippen LogP contribution in [0.3, 0.4) is 0 Å². The molecule has 1 aromatic carbocycles. The Labute approximate surface area is 142 Å². The molecular formula is C18H28O6. The second-order valence-electron chi connectivity index (χ2n) is 6.23. The minimum Gasteiger partial charge on any atom is -0.462 e. The molecule has 1 fully saturated rings. The molecule has 0 amide bonds. The lowest BCUT2D eigenvalue weighted by Gasteiger charge is -2.39. The Kier molecular flexibility index (Phi) is 7.45. The predicted octanol–water partition coefficient (Wildman–Crippen LogP) is 0.988. The zero-order valence-electron chi connectivity index (χ0n) is 14.0. The van der Waals surface area contributed by atoms with E-state index in [-0.39, 0.29) is 0 Å². The summed E-state index contributed by atoms with van der Waals surface area (Å²) in [6.45, 7) is 1.69. The summed E-state index contributed by atoms with van der Waals surface area (Å²) in [6.07, 6.45) is -0.912. The zero-order chi connectivity index (χ0) is 17.5. The van der Waals surface area contributed by atoms with Gasteiger partial charge in [-0.25, -0.2) is 0 Å². The molecule has 0 aliphatic carbocycles. The monoisotopic (exact) mass is 340 g/mol. The van der Waals surface area contributed by atoms with Crippen molar-refractivity contribution in [1.29, 1.82) is 0 Å². The van der Waals surface area contributed by atoms with Crippen LogP contribution in [0.5, 0.6) is 5.75 Å². The Morgan fingerprint density at radius 2 is 1.75 bits per heavy atom. The van der Waals surface area contributed by atoms with Gasteiger partial charge in [0.2, 0.25) is 6.29 Å². The Balaban J connectivity index is 2.04. The van der Waals surface area contributed by atoms with Gasteiger partial charge in [0.15, 0.2) is 0 Å². The summed E-state index contributed by atoms with van der Waals surface area (Å²) in [5, 5.41) is 39.0. The molecule has 1 aromatic rings. The maximum absolute atomic E-state index is 10.1. The minimum atomic E-state index is -1.43. The van der Waals surface area contributed by atoms with Gasteiger partial charge in [0.05, 0.1) is 6.61 Å². The molecule has 24 heavy (non-hydrogen) atoms. The molecule has 5 atom stereocenters. The van der Waals surface area contributed by atoms with Gasteiger partial charge in [-0.05, 0) is 24.5 Å². The minimum absolute atomic E-state index is 0.469. The highest BCUT2D eigenvalue weighted by Crippen LogP contribution is 2.27. The van der Waals surface area contributed by atoms with Crippen molar-refractivity contribution in [3.05, 3.63) is 29.8 Å². The molecule has 2 rings (SSSR count). The van der Waals surface area contributed by atoms with Crippen molar-refractivity contribution in [3.8, 4) is 5.75 Å². The fourth-order valence-electron chi connectivity index (χ4n) is 2.86. The van der Waals surface area contributed by atoms with Crippen molar-refractivity contribution in [2.45, 2.75) is 69.7 Å². The average Bonchev–Trinajstić information content (AvgIpc) is 2.60. The Morgan fingerprint density at radius 3 is 2.46 bits per heavy atom. The van der Waals surface area contributed by atoms with Crippen LogP contribution < -0.4 is 4.74 Å². The molecule has 0 aromatic heterocycles. The summed E-state index contributed by atoms with van der Waals surface area (Å²) in [5.74, 6) is 0.582. The molecule has 4 N–H and O–H groups in total. The van der Waals surface area contributed by atoms with Crippen molar-refractivity contribution in [2.24, 2.45) is 0 Å². The van der Waals surface area contributed by atoms with Crippen LogP contribution in [0.25, 0.3) is 0 Å². The van der Waals surface area contributed by atoms with Crippen molar-refractivity contribution in [2.75, 3.05) is 6.61 Å². The Bertz CT molecular complexity index is 492. The number of aliphatic hydroxyl groups excluding tert-OH is 4. The summed E-state index contributed by atoms with van der Waals surface area (Å²) in [6, 6.07) is 7.51. The fraction of sp³-hybridized carbons (Fsp3) is 0.667. The number of rotatable bonds is 8. The first-order valence-corrected chi connectivity index (χ1v) is 8.63. The van der Waals surface area contributed by atoms with Gasteiger partial charge < -0.3 is 29.9 Å². The van der Waals surface area contributed by atoms with E-state index in [0.29, 0.717) is 5.75 Å². The smallest absolute Gasteiger partial charge is 0.229 e. The summed E-state index contributed by atoms with van der Waals surface area (Å²) >= 11 is 0. The van der Waals surface area contributed by atoms with E-state index >= 15 is 0 Å². The van der Waals surface area contributed by atoms with Crippen molar-refractivity contribution < 1.29 is 29.9 Å². The van der Waals surface area contributed by atoms with Crippen LogP contribution in [-0.4, -0.2) is 57.7 Å². The third-order valence-corrected chi connectivity index (χ3v) is 4.36. The number of para-hydroxylation sites is 1. The highest BCUT2D eigenvalue weighted by atomic mass is 16.7. The van der Waals surface area contributed by atoms with Gasteiger partial charge in [-0.2, -0.15) is 0 Å². The van der Waals surface area contributed by atoms with Gasteiger partial charge in [0.25, 0.3) is 0 Å². The fourth-order valence-corrected chi connectivity index (χ4v) is 2.86. The molecule has 1 aliphatic rings. The third-order valence-electron chi connectivity index (χ3n) is 4.36. The van der Waals surface area contributed by atoms with Gasteiger partial charge >= 0.3 is 0 Å². The molecule has 0 unspecified atom stereocenters. The van der Waals surface area contributed by atoms with E-state index in [2.05, 4.69) is 6.92 Å². The zero-order valence-corrected chi connectivity index (χ0v) is 14.0. The van der Waals surface area contributed by atoms with E-state index in [9.17, 15) is 20.4 Å². The summed E-state index contributed by atoms with van der Waals surface area (Å²) < 4.78 is 11.2. The topological polar surface area (TPSA) is 99.4 Å². The lowest BCUT2D eigenvalue weighted by Crippen LogP contribution is -2.60. The van der Waals surface area contributed by atoms with Gasteiger partial charge in [-0.3, -0.25) is 0 Å². The van der Waals surface area contributed by atoms with Crippen LogP contribution in [0.2, 0.25) is 0 Å². The van der Waals surface area contributed by atoms with Crippen molar-refractivity contribution in [1.82, 2.24) is 0 Å². The number of benzene rings is 1. The second kappa shape index (κ2) is 9.34. The normalized spacial score (nSPS) is 30.3. The second-order valence-corrected chi connectivity index (χ2v) is 6.23.